The van der Waals surface area contributed by atoms with Crippen molar-refractivity contribution in [3.8, 4) is 0 Å². The molecule has 0 spiro atoms. The van der Waals surface area contributed by atoms with Gasteiger partial charge in [0.1, 0.15) is 0 Å². The maximum Gasteiger partial charge on any atom is 0.193 e. The molecule has 90 valence electrons. The second-order valence-corrected chi connectivity index (χ2v) is 6.34. The van der Waals surface area contributed by atoms with Gasteiger partial charge in [-0.1, -0.05) is 0 Å². The molecule has 1 atom stereocenters. The summed E-state index contributed by atoms with van der Waals surface area (Å²) in [6.07, 6.45) is 10.9. The smallest absolute Gasteiger partial charge is 0.193 e. The minimum absolute atomic E-state index is 0.379. The molecule has 1 aliphatic heterocycles. The van der Waals surface area contributed by atoms with Crippen molar-refractivity contribution in [2.75, 3.05) is 6.54 Å². The summed E-state index contributed by atoms with van der Waals surface area (Å²) in [5, 5.41) is 5.87. The first-order chi connectivity index (χ1) is 8.36. The Hall–Kier alpha value is -0.870. The van der Waals surface area contributed by atoms with E-state index in [9.17, 15) is 0 Å². The van der Waals surface area contributed by atoms with Gasteiger partial charge >= 0.3 is 0 Å². The van der Waals surface area contributed by atoms with Crippen LogP contribution in [0.25, 0.3) is 4.96 Å². The predicted molar refractivity (Wildman–Crippen MR) is 69.5 cm³/mol. The van der Waals surface area contributed by atoms with Crippen LogP contribution in [0.4, 0.5) is 0 Å². The Morgan fingerprint density at radius 3 is 3.18 bits per heavy atom. The van der Waals surface area contributed by atoms with Crippen molar-refractivity contribution in [2.45, 2.75) is 37.6 Å². The average Bonchev–Trinajstić information content (AvgIpc) is 2.76. The van der Waals surface area contributed by atoms with E-state index in [-0.39, 0.29) is 0 Å². The molecular weight excluding hydrogens is 230 g/mol. The largest absolute Gasteiger partial charge is 0.311 e. The monoisotopic (exact) mass is 247 g/mol. The summed E-state index contributed by atoms with van der Waals surface area (Å²) in [4.78, 5) is 5.86. The van der Waals surface area contributed by atoms with Crippen LogP contribution in [0.2, 0.25) is 0 Å². The fraction of sp³-hybridized carbons (Fsp3) is 0.615. The molecule has 1 saturated heterocycles. The molecule has 0 radical (unpaired) electrons. The molecule has 3 nitrogen and oxygen atoms in total. The summed E-state index contributed by atoms with van der Waals surface area (Å²) in [6.45, 7) is 1.19. The summed E-state index contributed by atoms with van der Waals surface area (Å²) in [7, 11) is 0. The third-order valence-corrected chi connectivity index (χ3v) is 5.05. The molecular formula is C13H17N3S. The number of imidazole rings is 1. The Labute approximate surface area is 105 Å². The highest BCUT2D eigenvalue weighted by Crippen LogP contribution is 2.45. The Kier molecular flexibility index (Phi) is 2.11. The molecule has 2 aliphatic rings. The molecule has 1 N–H and O–H groups in total. The molecule has 2 aromatic heterocycles. The highest BCUT2D eigenvalue weighted by molar-refractivity contribution is 7.15. The van der Waals surface area contributed by atoms with E-state index in [1.165, 1.54) is 37.9 Å². The quantitative estimate of drug-likeness (QED) is 0.903. The van der Waals surface area contributed by atoms with Gasteiger partial charge in [-0.2, -0.15) is 0 Å². The zero-order chi connectivity index (χ0) is 11.3. The van der Waals surface area contributed by atoms with Crippen LogP contribution in [0.1, 0.15) is 31.4 Å². The van der Waals surface area contributed by atoms with Gasteiger partial charge in [-0.3, -0.25) is 4.40 Å². The fourth-order valence-electron chi connectivity index (χ4n) is 3.29. The van der Waals surface area contributed by atoms with Gasteiger partial charge in [-0.05, 0) is 38.1 Å². The van der Waals surface area contributed by atoms with E-state index in [1.807, 2.05) is 0 Å². The standard InChI is InChI=1S/C13H17N3S/c1-4-13(14-5-1,10-2-3-10)8-11-9-16-6-7-17-12(16)15-11/h6-7,9-10,14H,1-5,8H2. The normalized spacial score (nSPS) is 29.2. The maximum atomic E-state index is 4.73. The van der Waals surface area contributed by atoms with Crippen LogP contribution in [0, 0.1) is 5.92 Å². The molecule has 1 aliphatic carbocycles. The van der Waals surface area contributed by atoms with Gasteiger partial charge in [0.2, 0.25) is 0 Å². The van der Waals surface area contributed by atoms with Crippen LogP contribution < -0.4 is 5.32 Å². The van der Waals surface area contributed by atoms with Crippen LogP contribution in [0.3, 0.4) is 0 Å². The SMILES string of the molecule is c1cn2cc(CC3(C4CC4)CCCN3)nc2s1. The minimum Gasteiger partial charge on any atom is -0.311 e. The van der Waals surface area contributed by atoms with E-state index in [1.54, 1.807) is 11.3 Å². The third kappa shape index (κ3) is 1.62. The van der Waals surface area contributed by atoms with E-state index in [0.717, 1.165) is 17.3 Å². The minimum atomic E-state index is 0.379. The summed E-state index contributed by atoms with van der Waals surface area (Å²) in [5.74, 6) is 0.907. The van der Waals surface area contributed by atoms with Gasteiger partial charge in [0.25, 0.3) is 0 Å². The first-order valence-corrected chi connectivity index (χ1v) is 7.40. The van der Waals surface area contributed by atoms with Crippen LogP contribution in [-0.4, -0.2) is 21.5 Å². The Morgan fingerprint density at radius 2 is 2.47 bits per heavy atom. The van der Waals surface area contributed by atoms with E-state index < -0.39 is 0 Å². The molecule has 0 amide bonds. The molecule has 2 fully saturated rings. The van der Waals surface area contributed by atoms with E-state index in [0.29, 0.717) is 5.54 Å². The summed E-state index contributed by atoms with van der Waals surface area (Å²) < 4.78 is 2.15. The molecule has 0 aromatic carbocycles. The molecule has 4 heteroatoms. The van der Waals surface area contributed by atoms with Crippen molar-refractivity contribution in [1.29, 1.82) is 0 Å². The summed E-state index contributed by atoms with van der Waals surface area (Å²) in [5.41, 5.74) is 1.64. The number of hydrogen-bond acceptors (Lipinski definition) is 3. The highest BCUT2D eigenvalue weighted by Gasteiger charge is 2.46. The highest BCUT2D eigenvalue weighted by atomic mass is 32.1. The second kappa shape index (κ2) is 3.56. The maximum absolute atomic E-state index is 4.73. The van der Waals surface area contributed by atoms with Gasteiger partial charge in [0.05, 0.1) is 5.69 Å². The Morgan fingerprint density at radius 1 is 1.53 bits per heavy atom. The van der Waals surface area contributed by atoms with Crippen molar-refractivity contribution in [3.63, 3.8) is 0 Å². The zero-order valence-corrected chi connectivity index (χ0v) is 10.7. The van der Waals surface area contributed by atoms with Crippen molar-refractivity contribution in [2.24, 2.45) is 5.92 Å². The lowest BCUT2D eigenvalue weighted by Gasteiger charge is -2.28. The fourth-order valence-corrected chi connectivity index (χ4v) is 4.01. The van der Waals surface area contributed by atoms with Gasteiger partial charge in [-0.15, -0.1) is 11.3 Å². The van der Waals surface area contributed by atoms with E-state index >= 15 is 0 Å². The van der Waals surface area contributed by atoms with Crippen LogP contribution in [-0.2, 0) is 6.42 Å². The summed E-state index contributed by atoms with van der Waals surface area (Å²) in [6, 6.07) is 0. The lowest BCUT2D eigenvalue weighted by Crippen LogP contribution is -2.44. The average molecular weight is 247 g/mol. The van der Waals surface area contributed by atoms with Gasteiger partial charge < -0.3 is 5.32 Å². The molecule has 4 rings (SSSR count). The predicted octanol–water partition coefficient (Wildman–Crippen LogP) is 2.47. The van der Waals surface area contributed by atoms with Crippen LogP contribution >= 0.6 is 11.3 Å². The molecule has 3 heterocycles. The van der Waals surface area contributed by atoms with E-state index in [4.69, 9.17) is 4.98 Å². The van der Waals surface area contributed by atoms with Crippen LogP contribution in [0.5, 0.6) is 0 Å². The first kappa shape index (κ1) is 10.1. The molecule has 1 unspecified atom stereocenters. The lowest BCUT2D eigenvalue weighted by molar-refractivity contribution is 0.321. The van der Waals surface area contributed by atoms with E-state index in [2.05, 4.69) is 27.5 Å². The molecule has 2 aromatic rings. The van der Waals surface area contributed by atoms with Crippen molar-refractivity contribution < 1.29 is 0 Å². The number of hydrogen-bond donors (Lipinski definition) is 1. The third-order valence-electron chi connectivity index (χ3n) is 4.28. The van der Waals surface area contributed by atoms with Gasteiger partial charge in [0, 0.05) is 29.7 Å². The number of nitrogens with zero attached hydrogens (tertiary/aromatic N) is 2. The molecule has 0 bridgehead atoms. The second-order valence-electron chi connectivity index (χ2n) is 5.46. The van der Waals surface area contributed by atoms with Crippen molar-refractivity contribution in [1.82, 2.24) is 14.7 Å². The van der Waals surface area contributed by atoms with Crippen molar-refractivity contribution in [3.05, 3.63) is 23.5 Å². The number of nitrogens with one attached hydrogen (secondary N) is 1. The van der Waals surface area contributed by atoms with Gasteiger partial charge in [-0.25, -0.2) is 4.98 Å². The number of fused-ring (bicyclic) bond motifs is 1. The lowest BCUT2D eigenvalue weighted by atomic mass is 9.86. The zero-order valence-electron chi connectivity index (χ0n) is 9.85. The van der Waals surface area contributed by atoms with Crippen LogP contribution in [0.15, 0.2) is 17.8 Å². The van der Waals surface area contributed by atoms with Gasteiger partial charge in [0.15, 0.2) is 4.96 Å². The Balaban J connectivity index is 1.64. The molecule has 17 heavy (non-hydrogen) atoms. The van der Waals surface area contributed by atoms with Crippen molar-refractivity contribution >= 4 is 16.3 Å². The summed E-state index contributed by atoms with van der Waals surface area (Å²) >= 11 is 1.72. The first-order valence-electron chi connectivity index (χ1n) is 6.52. The number of aromatic nitrogens is 2. The Bertz CT molecular complexity index is 503. The molecule has 1 saturated carbocycles. The number of rotatable bonds is 3. The number of thiazole rings is 1. The topological polar surface area (TPSA) is 29.3 Å².